The maximum atomic E-state index is 6.24. The van der Waals surface area contributed by atoms with Crippen LogP contribution in [0.4, 0.5) is 0 Å². The fraction of sp³-hybridized carbons (Fsp3) is 1.00. The van der Waals surface area contributed by atoms with E-state index in [2.05, 4.69) is 13.5 Å². The molecule has 0 aromatic carbocycles. The fourth-order valence-corrected chi connectivity index (χ4v) is 4.90. The molecule has 2 aliphatic heterocycles. The minimum Gasteiger partial charge on any atom is -0.394 e. The number of hydrogen-bond donors (Lipinski definition) is 0. The Morgan fingerprint density at radius 1 is 1.25 bits per heavy atom. The third-order valence-electron chi connectivity index (χ3n) is 3.56. The first kappa shape index (κ1) is 12.5. The monoisotopic (exact) mass is 246 g/mol. The van der Waals surface area contributed by atoms with Crippen molar-refractivity contribution in [1.29, 1.82) is 0 Å². The van der Waals surface area contributed by atoms with E-state index < -0.39 is 8.56 Å². The first-order valence-corrected chi connectivity index (χ1v) is 8.52. The number of hydrogen-bond acceptors (Lipinski definition) is 4. The summed E-state index contributed by atoms with van der Waals surface area (Å²) in [5.74, 6) is 0.549. The van der Waals surface area contributed by atoms with Gasteiger partial charge < -0.3 is 18.3 Å². The average Bonchev–Trinajstić information content (AvgIpc) is 1.94. The second kappa shape index (κ2) is 5.14. The van der Waals surface area contributed by atoms with Crippen LogP contribution in [0.5, 0.6) is 0 Å². The quantitative estimate of drug-likeness (QED) is 0.666. The van der Waals surface area contributed by atoms with Gasteiger partial charge in [0.15, 0.2) is 0 Å². The van der Waals surface area contributed by atoms with Crippen LogP contribution in [0.1, 0.15) is 13.8 Å². The molecule has 5 heteroatoms. The standard InChI is InChI=1S/C11H22O4Si/c1-4-14-16(3,11-7-13-8-11)15-9(2)10-5-12-6-10/h9-11H,4-8H2,1-3H3. The predicted molar refractivity (Wildman–Crippen MR) is 62.7 cm³/mol. The summed E-state index contributed by atoms with van der Waals surface area (Å²) in [6.45, 7) is 10.3. The molecular weight excluding hydrogens is 224 g/mol. The largest absolute Gasteiger partial charge is 0.394 e. The lowest BCUT2D eigenvalue weighted by Gasteiger charge is -2.43. The lowest BCUT2D eigenvalue weighted by Crippen LogP contribution is -2.55. The maximum Gasteiger partial charge on any atom is 0.343 e. The van der Waals surface area contributed by atoms with Crippen LogP contribution in [-0.4, -0.2) is 47.7 Å². The van der Waals surface area contributed by atoms with Crippen molar-refractivity contribution in [2.24, 2.45) is 5.92 Å². The summed E-state index contributed by atoms with van der Waals surface area (Å²) in [6.07, 6.45) is 0.248. The Morgan fingerprint density at radius 3 is 2.25 bits per heavy atom. The molecule has 0 bridgehead atoms. The van der Waals surface area contributed by atoms with Crippen molar-refractivity contribution >= 4 is 8.56 Å². The molecule has 0 saturated carbocycles. The molecule has 4 nitrogen and oxygen atoms in total. The van der Waals surface area contributed by atoms with Crippen molar-refractivity contribution in [1.82, 2.24) is 0 Å². The van der Waals surface area contributed by atoms with Crippen molar-refractivity contribution in [3.63, 3.8) is 0 Å². The normalized spacial score (nSPS) is 27.9. The van der Waals surface area contributed by atoms with Crippen LogP contribution in [0.2, 0.25) is 12.1 Å². The van der Waals surface area contributed by atoms with E-state index in [1.165, 1.54) is 0 Å². The van der Waals surface area contributed by atoms with Crippen molar-refractivity contribution in [2.45, 2.75) is 32.0 Å². The van der Waals surface area contributed by atoms with E-state index in [-0.39, 0.29) is 6.10 Å². The van der Waals surface area contributed by atoms with Crippen LogP contribution < -0.4 is 0 Å². The third-order valence-corrected chi connectivity index (χ3v) is 7.08. The van der Waals surface area contributed by atoms with Crippen molar-refractivity contribution in [3.8, 4) is 0 Å². The summed E-state index contributed by atoms with van der Waals surface area (Å²) in [7, 11) is -2.05. The lowest BCUT2D eigenvalue weighted by atomic mass is 10.0. The highest BCUT2D eigenvalue weighted by molar-refractivity contribution is 6.68. The predicted octanol–water partition coefficient (Wildman–Crippen LogP) is 1.55. The highest BCUT2D eigenvalue weighted by Crippen LogP contribution is 2.34. The Morgan fingerprint density at radius 2 is 1.88 bits per heavy atom. The Balaban J connectivity index is 1.89. The van der Waals surface area contributed by atoms with Crippen LogP contribution >= 0.6 is 0 Å². The lowest BCUT2D eigenvalue weighted by molar-refractivity contribution is -0.0905. The summed E-state index contributed by atoms with van der Waals surface area (Å²) in [6, 6.07) is 0. The molecule has 2 heterocycles. The molecule has 0 amide bonds. The number of ether oxygens (including phenoxy) is 2. The van der Waals surface area contributed by atoms with Gasteiger partial charge in [0.05, 0.1) is 32.5 Å². The topological polar surface area (TPSA) is 36.9 Å². The zero-order chi connectivity index (χ0) is 11.6. The van der Waals surface area contributed by atoms with Crippen LogP contribution in [0.15, 0.2) is 0 Å². The average molecular weight is 246 g/mol. The van der Waals surface area contributed by atoms with E-state index >= 15 is 0 Å². The molecule has 0 spiro atoms. The Bertz CT molecular complexity index is 230. The van der Waals surface area contributed by atoms with E-state index in [1.807, 2.05) is 6.92 Å². The zero-order valence-electron chi connectivity index (χ0n) is 10.4. The molecule has 2 aliphatic rings. The second-order valence-corrected chi connectivity index (χ2v) is 8.18. The first-order valence-electron chi connectivity index (χ1n) is 6.13. The van der Waals surface area contributed by atoms with Crippen LogP contribution in [0.3, 0.4) is 0 Å². The van der Waals surface area contributed by atoms with Crippen LogP contribution in [0, 0.1) is 5.92 Å². The molecule has 0 aromatic rings. The minimum absolute atomic E-state index is 0.248. The molecule has 0 radical (unpaired) electrons. The van der Waals surface area contributed by atoms with Crippen molar-refractivity contribution in [3.05, 3.63) is 0 Å². The molecule has 0 N–H and O–H groups in total. The van der Waals surface area contributed by atoms with E-state index in [0.29, 0.717) is 11.5 Å². The first-order chi connectivity index (χ1) is 7.65. The SMILES string of the molecule is CCO[Si](C)(OC(C)C1COC1)C1COC1. The third kappa shape index (κ3) is 2.48. The van der Waals surface area contributed by atoms with Crippen LogP contribution in [0.25, 0.3) is 0 Å². The summed E-state index contributed by atoms with van der Waals surface area (Å²) in [5, 5.41) is 0. The van der Waals surface area contributed by atoms with Gasteiger partial charge in [-0.05, 0) is 20.4 Å². The van der Waals surface area contributed by atoms with Gasteiger partial charge in [0.25, 0.3) is 0 Å². The van der Waals surface area contributed by atoms with E-state index in [0.717, 1.165) is 33.0 Å². The van der Waals surface area contributed by atoms with Crippen LogP contribution in [-0.2, 0) is 18.3 Å². The van der Waals surface area contributed by atoms with Gasteiger partial charge in [-0.15, -0.1) is 0 Å². The Hall–Kier alpha value is 0.0569. The van der Waals surface area contributed by atoms with Gasteiger partial charge in [-0.3, -0.25) is 0 Å². The molecule has 2 atom stereocenters. The smallest absolute Gasteiger partial charge is 0.343 e. The molecule has 16 heavy (non-hydrogen) atoms. The fourth-order valence-electron chi connectivity index (χ4n) is 2.06. The van der Waals surface area contributed by atoms with E-state index in [1.54, 1.807) is 0 Å². The van der Waals surface area contributed by atoms with E-state index in [4.69, 9.17) is 18.3 Å². The molecular formula is C11H22O4Si. The summed E-state index contributed by atoms with van der Waals surface area (Å²) < 4.78 is 22.6. The van der Waals surface area contributed by atoms with Crippen molar-refractivity contribution < 1.29 is 18.3 Å². The second-order valence-electron chi connectivity index (χ2n) is 4.80. The summed E-state index contributed by atoms with van der Waals surface area (Å²) in [5.41, 5.74) is 0.496. The van der Waals surface area contributed by atoms with Gasteiger partial charge in [-0.2, -0.15) is 0 Å². The highest BCUT2D eigenvalue weighted by atomic mass is 28.4. The van der Waals surface area contributed by atoms with Crippen molar-refractivity contribution in [2.75, 3.05) is 33.0 Å². The van der Waals surface area contributed by atoms with Gasteiger partial charge >= 0.3 is 8.56 Å². The molecule has 2 unspecified atom stereocenters. The Kier molecular flexibility index (Phi) is 4.02. The number of rotatable bonds is 6. The molecule has 2 saturated heterocycles. The zero-order valence-corrected chi connectivity index (χ0v) is 11.4. The maximum absolute atomic E-state index is 6.24. The molecule has 0 aliphatic carbocycles. The summed E-state index contributed by atoms with van der Waals surface area (Å²) in [4.78, 5) is 0. The molecule has 2 rings (SSSR count). The Labute approximate surface area is 98.5 Å². The highest BCUT2D eigenvalue weighted by Gasteiger charge is 2.47. The summed E-state index contributed by atoms with van der Waals surface area (Å²) >= 11 is 0. The van der Waals surface area contributed by atoms with Gasteiger partial charge in [0, 0.05) is 18.1 Å². The molecule has 94 valence electrons. The van der Waals surface area contributed by atoms with E-state index in [9.17, 15) is 0 Å². The molecule has 0 aromatic heterocycles. The van der Waals surface area contributed by atoms with Gasteiger partial charge in [-0.1, -0.05) is 0 Å². The van der Waals surface area contributed by atoms with Gasteiger partial charge in [0.2, 0.25) is 0 Å². The van der Waals surface area contributed by atoms with Gasteiger partial charge in [0.1, 0.15) is 0 Å². The minimum atomic E-state index is -2.05. The molecule has 2 fully saturated rings. The van der Waals surface area contributed by atoms with Gasteiger partial charge in [-0.25, -0.2) is 0 Å².